The first-order valence-corrected chi connectivity index (χ1v) is 7.02. The molecule has 3 aromatic rings. The molecule has 0 atom stereocenters. The fourth-order valence-corrected chi connectivity index (χ4v) is 2.30. The maximum atomic E-state index is 12.4. The van der Waals surface area contributed by atoms with Crippen molar-refractivity contribution in [3.8, 4) is 17.4 Å². The van der Waals surface area contributed by atoms with Crippen molar-refractivity contribution in [1.82, 2.24) is 4.98 Å². The van der Waals surface area contributed by atoms with E-state index >= 15 is 0 Å². The first-order chi connectivity index (χ1) is 11.2. The van der Waals surface area contributed by atoms with Gasteiger partial charge in [0.1, 0.15) is 5.56 Å². The van der Waals surface area contributed by atoms with E-state index in [-0.39, 0.29) is 11.4 Å². The maximum Gasteiger partial charge on any atom is 0.348 e. The molecule has 0 fully saturated rings. The van der Waals surface area contributed by atoms with Crippen LogP contribution in [0.25, 0.3) is 10.9 Å². The summed E-state index contributed by atoms with van der Waals surface area (Å²) in [7, 11) is 2.99. The van der Waals surface area contributed by atoms with Crippen LogP contribution in [0.1, 0.15) is 10.4 Å². The number of aromatic nitrogens is 1. The van der Waals surface area contributed by atoms with Crippen molar-refractivity contribution in [2.24, 2.45) is 0 Å². The zero-order valence-electron chi connectivity index (χ0n) is 12.8. The molecule has 0 amide bonds. The van der Waals surface area contributed by atoms with Crippen molar-refractivity contribution >= 4 is 16.9 Å². The van der Waals surface area contributed by atoms with Crippen molar-refractivity contribution in [2.75, 3.05) is 14.2 Å². The Labute approximate surface area is 133 Å². The molecule has 0 N–H and O–H groups in total. The van der Waals surface area contributed by atoms with Crippen molar-refractivity contribution < 1.29 is 19.0 Å². The van der Waals surface area contributed by atoms with Gasteiger partial charge in [0.2, 0.25) is 5.88 Å². The largest absolute Gasteiger partial charge is 0.493 e. The van der Waals surface area contributed by atoms with Crippen LogP contribution in [0.3, 0.4) is 0 Å². The highest BCUT2D eigenvalue weighted by Crippen LogP contribution is 2.31. The van der Waals surface area contributed by atoms with Gasteiger partial charge < -0.3 is 14.2 Å². The summed E-state index contributed by atoms with van der Waals surface area (Å²) in [5, 5.41) is 0.978. The standard InChI is InChI=1S/C18H15NO4/c1-21-15-9-5-7-13(17(15)22-2)18(20)23-16-11-10-12-6-3-4-8-14(12)19-16/h3-11H,1-2H3. The molecule has 116 valence electrons. The number of hydrogen-bond acceptors (Lipinski definition) is 5. The quantitative estimate of drug-likeness (QED) is 0.691. The van der Waals surface area contributed by atoms with E-state index in [1.54, 1.807) is 24.3 Å². The third kappa shape index (κ3) is 2.94. The molecule has 0 spiro atoms. The number of carbonyl (C=O) groups is 1. The molecule has 0 aliphatic rings. The van der Waals surface area contributed by atoms with E-state index in [1.807, 2.05) is 30.3 Å². The molecule has 1 aromatic heterocycles. The molecule has 23 heavy (non-hydrogen) atoms. The molecule has 0 aliphatic carbocycles. The smallest absolute Gasteiger partial charge is 0.348 e. The number of hydrogen-bond donors (Lipinski definition) is 0. The summed E-state index contributed by atoms with van der Waals surface area (Å²) >= 11 is 0. The lowest BCUT2D eigenvalue weighted by atomic mass is 10.2. The first-order valence-electron chi connectivity index (χ1n) is 7.02. The van der Waals surface area contributed by atoms with E-state index in [2.05, 4.69) is 4.98 Å². The van der Waals surface area contributed by atoms with Crippen molar-refractivity contribution in [1.29, 1.82) is 0 Å². The molecule has 0 saturated carbocycles. The van der Waals surface area contributed by atoms with Gasteiger partial charge in [-0.05, 0) is 24.3 Å². The van der Waals surface area contributed by atoms with Gasteiger partial charge in [0.05, 0.1) is 19.7 Å². The Kier molecular flexibility index (Phi) is 4.10. The minimum Gasteiger partial charge on any atom is -0.493 e. The summed E-state index contributed by atoms with van der Waals surface area (Å²) in [5.74, 6) is 0.483. The molecule has 0 bridgehead atoms. The number of rotatable bonds is 4. The van der Waals surface area contributed by atoms with Gasteiger partial charge in [-0.15, -0.1) is 0 Å². The Bertz CT molecular complexity index is 861. The predicted molar refractivity (Wildman–Crippen MR) is 86.2 cm³/mol. The summed E-state index contributed by atoms with van der Waals surface area (Å²) in [6.45, 7) is 0. The number of benzene rings is 2. The molecule has 5 heteroatoms. The third-order valence-electron chi connectivity index (χ3n) is 3.39. The van der Waals surface area contributed by atoms with Gasteiger partial charge in [0.25, 0.3) is 0 Å². The second-order valence-electron chi connectivity index (χ2n) is 4.77. The van der Waals surface area contributed by atoms with E-state index in [4.69, 9.17) is 14.2 Å². The number of ether oxygens (including phenoxy) is 3. The van der Waals surface area contributed by atoms with Gasteiger partial charge in [-0.1, -0.05) is 24.3 Å². The molecule has 2 aromatic carbocycles. The molecule has 0 radical (unpaired) electrons. The van der Waals surface area contributed by atoms with Gasteiger partial charge >= 0.3 is 5.97 Å². The number of nitrogens with zero attached hydrogens (tertiary/aromatic N) is 1. The van der Waals surface area contributed by atoms with E-state index < -0.39 is 5.97 Å². The fraction of sp³-hybridized carbons (Fsp3) is 0.111. The van der Waals surface area contributed by atoms with Crippen LogP contribution in [0.5, 0.6) is 17.4 Å². The monoisotopic (exact) mass is 309 g/mol. The number of carbonyl (C=O) groups excluding carboxylic acids is 1. The van der Waals surface area contributed by atoms with E-state index in [9.17, 15) is 4.79 Å². The predicted octanol–water partition coefficient (Wildman–Crippen LogP) is 3.47. The summed E-state index contributed by atoms with van der Waals surface area (Å²) in [5.41, 5.74) is 1.04. The Morgan fingerprint density at radius 3 is 2.52 bits per heavy atom. The van der Waals surface area contributed by atoms with E-state index in [0.717, 1.165) is 10.9 Å². The summed E-state index contributed by atoms with van der Waals surface area (Å²) < 4.78 is 15.8. The van der Waals surface area contributed by atoms with Crippen LogP contribution in [0.2, 0.25) is 0 Å². The minimum absolute atomic E-state index is 0.235. The van der Waals surface area contributed by atoms with Crippen molar-refractivity contribution in [3.05, 3.63) is 60.2 Å². The highest BCUT2D eigenvalue weighted by molar-refractivity contribution is 5.95. The number of pyridine rings is 1. The summed E-state index contributed by atoms with van der Waals surface area (Å²) in [6, 6.07) is 16.2. The Morgan fingerprint density at radius 2 is 1.74 bits per heavy atom. The molecule has 0 aliphatic heterocycles. The zero-order chi connectivity index (χ0) is 16.2. The van der Waals surface area contributed by atoms with Gasteiger partial charge in [0.15, 0.2) is 11.5 Å². The van der Waals surface area contributed by atoms with Crippen LogP contribution >= 0.6 is 0 Å². The molecule has 1 heterocycles. The lowest BCUT2D eigenvalue weighted by Crippen LogP contribution is -2.11. The molecular weight excluding hydrogens is 294 g/mol. The summed E-state index contributed by atoms with van der Waals surface area (Å²) in [4.78, 5) is 16.7. The normalized spacial score (nSPS) is 10.3. The maximum absolute atomic E-state index is 12.4. The van der Waals surface area contributed by atoms with Gasteiger partial charge in [-0.3, -0.25) is 0 Å². The minimum atomic E-state index is -0.552. The van der Waals surface area contributed by atoms with Gasteiger partial charge in [-0.2, -0.15) is 0 Å². The SMILES string of the molecule is COc1cccc(C(=O)Oc2ccc3ccccc3n2)c1OC. The number of fused-ring (bicyclic) bond motifs is 1. The van der Waals surface area contributed by atoms with Gasteiger partial charge in [0, 0.05) is 11.5 Å². The van der Waals surface area contributed by atoms with Crippen molar-refractivity contribution in [3.63, 3.8) is 0 Å². The Morgan fingerprint density at radius 1 is 0.913 bits per heavy atom. The zero-order valence-corrected chi connectivity index (χ0v) is 12.8. The van der Waals surface area contributed by atoms with Crippen LogP contribution < -0.4 is 14.2 Å². The number of esters is 1. The van der Waals surface area contributed by atoms with Crippen LogP contribution in [-0.2, 0) is 0 Å². The second-order valence-corrected chi connectivity index (χ2v) is 4.77. The Balaban J connectivity index is 1.91. The lowest BCUT2D eigenvalue weighted by molar-refractivity contribution is 0.0724. The molecule has 0 unspecified atom stereocenters. The highest BCUT2D eigenvalue weighted by atomic mass is 16.5. The van der Waals surface area contributed by atoms with Crippen LogP contribution in [0.4, 0.5) is 0 Å². The average molecular weight is 309 g/mol. The van der Waals surface area contributed by atoms with Crippen molar-refractivity contribution in [2.45, 2.75) is 0 Å². The Hall–Kier alpha value is -3.08. The topological polar surface area (TPSA) is 57.7 Å². The number of para-hydroxylation sites is 2. The van der Waals surface area contributed by atoms with Gasteiger partial charge in [-0.25, -0.2) is 9.78 Å². The first kappa shape index (κ1) is 14.8. The third-order valence-corrected chi connectivity index (χ3v) is 3.39. The van der Waals surface area contributed by atoms with E-state index in [0.29, 0.717) is 11.5 Å². The molecule has 0 saturated heterocycles. The van der Waals surface area contributed by atoms with Crippen LogP contribution in [-0.4, -0.2) is 25.2 Å². The van der Waals surface area contributed by atoms with Crippen LogP contribution in [0.15, 0.2) is 54.6 Å². The second kappa shape index (κ2) is 6.36. The van der Waals surface area contributed by atoms with E-state index in [1.165, 1.54) is 14.2 Å². The van der Waals surface area contributed by atoms with Crippen LogP contribution in [0, 0.1) is 0 Å². The summed E-state index contributed by atoms with van der Waals surface area (Å²) in [6.07, 6.45) is 0. The fourth-order valence-electron chi connectivity index (χ4n) is 2.30. The number of methoxy groups -OCH3 is 2. The lowest BCUT2D eigenvalue weighted by Gasteiger charge is -2.11. The average Bonchev–Trinajstić information content (AvgIpc) is 2.60. The highest BCUT2D eigenvalue weighted by Gasteiger charge is 2.18. The molecule has 5 nitrogen and oxygen atoms in total. The molecular formula is C18H15NO4. The molecule has 3 rings (SSSR count).